The van der Waals surface area contributed by atoms with E-state index in [0.717, 1.165) is 37.1 Å². The van der Waals surface area contributed by atoms with Crippen LogP contribution < -0.4 is 5.73 Å². The first-order chi connectivity index (χ1) is 9.79. The predicted molar refractivity (Wildman–Crippen MR) is 83.6 cm³/mol. The van der Waals surface area contributed by atoms with Gasteiger partial charge in [-0.1, -0.05) is 31.2 Å². The second kappa shape index (κ2) is 5.90. The minimum atomic E-state index is 0.198. The molecule has 2 atom stereocenters. The normalized spacial score (nSPS) is 24.1. The molecule has 0 spiro atoms. The van der Waals surface area contributed by atoms with Gasteiger partial charge in [0.2, 0.25) is 0 Å². The van der Waals surface area contributed by atoms with Gasteiger partial charge in [-0.25, -0.2) is 0 Å². The molecule has 1 aromatic heterocycles. The fourth-order valence-corrected chi connectivity index (χ4v) is 3.29. The maximum Gasteiger partial charge on any atom is 0.0706 e. The van der Waals surface area contributed by atoms with Crippen LogP contribution in [0.25, 0.3) is 10.9 Å². The quantitative estimate of drug-likeness (QED) is 0.931. The van der Waals surface area contributed by atoms with Gasteiger partial charge in [-0.05, 0) is 44.5 Å². The first kappa shape index (κ1) is 13.5. The fourth-order valence-electron chi connectivity index (χ4n) is 3.29. The van der Waals surface area contributed by atoms with Crippen molar-refractivity contribution in [1.29, 1.82) is 0 Å². The summed E-state index contributed by atoms with van der Waals surface area (Å²) in [5.74, 6) is 0. The van der Waals surface area contributed by atoms with Crippen molar-refractivity contribution in [1.82, 2.24) is 9.88 Å². The minimum Gasteiger partial charge on any atom is -0.326 e. The Morgan fingerprint density at radius 3 is 2.95 bits per heavy atom. The number of fused-ring (bicyclic) bond motifs is 1. The molecule has 1 aliphatic rings. The highest BCUT2D eigenvalue weighted by molar-refractivity contribution is 5.78. The van der Waals surface area contributed by atoms with Gasteiger partial charge in [0.05, 0.1) is 17.3 Å². The molecule has 1 fully saturated rings. The molecule has 2 unspecified atom stereocenters. The molecule has 0 bridgehead atoms. The highest BCUT2D eigenvalue weighted by Gasteiger charge is 2.30. The van der Waals surface area contributed by atoms with Crippen molar-refractivity contribution in [3.8, 4) is 0 Å². The Balaban J connectivity index is 1.97. The highest BCUT2D eigenvalue weighted by Crippen LogP contribution is 2.30. The van der Waals surface area contributed by atoms with Crippen molar-refractivity contribution in [2.45, 2.75) is 38.3 Å². The van der Waals surface area contributed by atoms with Gasteiger partial charge in [0, 0.05) is 11.4 Å². The summed E-state index contributed by atoms with van der Waals surface area (Å²) < 4.78 is 0. The number of rotatable bonds is 3. The second-order valence-electron chi connectivity index (χ2n) is 5.72. The zero-order chi connectivity index (χ0) is 13.9. The lowest BCUT2D eigenvalue weighted by Crippen LogP contribution is -2.46. The lowest BCUT2D eigenvalue weighted by Gasteiger charge is -2.39. The Morgan fingerprint density at radius 2 is 2.10 bits per heavy atom. The molecule has 106 valence electrons. The molecule has 3 nitrogen and oxygen atoms in total. The summed E-state index contributed by atoms with van der Waals surface area (Å²) in [6.45, 7) is 4.47. The predicted octanol–water partition coefficient (Wildman–Crippen LogP) is 3.11. The third-order valence-electron chi connectivity index (χ3n) is 4.22. The third-order valence-corrected chi connectivity index (χ3v) is 4.22. The summed E-state index contributed by atoms with van der Waals surface area (Å²) in [7, 11) is 0. The van der Waals surface area contributed by atoms with Gasteiger partial charge >= 0.3 is 0 Å². The molecule has 3 heteroatoms. The van der Waals surface area contributed by atoms with Crippen LogP contribution in [0.5, 0.6) is 0 Å². The second-order valence-corrected chi connectivity index (χ2v) is 5.72. The number of hydrogen-bond acceptors (Lipinski definition) is 3. The maximum absolute atomic E-state index is 6.39. The topological polar surface area (TPSA) is 42.1 Å². The molecule has 3 rings (SSSR count). The van der Waals surface area contributed by atoms with Crippen LogP contribution in [0.4, 0.5) is 0 Å². The standard InChI is InChI=1S/C17H23N3/c1-2-11-20-12-5-7-14(18)17(20)16-10-9-13-6-3-4-8-15(13)19-16/h3-4,6,8-10,14,17H,2,5,7,11-12,18H2,1H3. The molecule has 1 aromatic carbocycles. The van der Waals surface area contributed by atoms with Gasteiger partial charge in [-0.3, -0.25) is 9.88 Å². The molecule has 1 aliphatic heterocycles. The molecule has 0 saturated carbocycles. The van der Waals surface area contributed by atoms with Gasteiger partial charge in [-0.15, -0.1) is 0 Å². The first-order valence-electron chi connectivity index (χ1n) is 7.65. The van der Waals surface area contributed by atoms with Crippen LogP contribution >= 0.6 is 0 Å². The number of para-hydroxylation sites is 1. The van der Waals surface area contributed by atoms with Gasteiger partial charge in [0.15, 0.2) is 0 Å². The van der Waals surface area contributed by atoms with Crippen molar-refractivity contribution in [3.05, 3.63) is 42.1 Å². The van der Waals surface area contributed by atoms with Gasteiger partial charge in [0.1, 0.15) is 0 Å². The van der Waals surface area contributed by atoms with Crippen LogP contribution in [0.3, 0.4) is 0 Å². The molecule has 2 heterocycles. The van der Waals surface area contributed by atoms with E-state index in [-0.39, 0.29) is 12.1 Å². The Morgan fingerprint density at radius 1 is 1.25 bits per heavy atom. The van der Waals surface area contributed by atoms with Crippen molar-refractivity contribution < 1.29 is 0 Å². The monoisotopic (exact) mass is 269 g/mol. The number of nitrogens with zero attached hydrogens (tertiary/aromatic N) is 2. The van der Waals surface area contributed by atoms with E-state index in [1.165, 1.54) is 11.8 Å². The molecule has 2 aromatic rings. The van der Waals surface area contributed by atoms with E-state index >= 15 is 0 Å². The number of aromatic nitrogens is 1. The fraction of sp³-hybridized carbons (Fsp3) is 0.471. The molecule has 1 saturated heterocycles. The Kier molecular flexibility index (Phi) is 3.99. The van der Waals surface area contributed by atoms with E-state index in [4.69, 9.17) is 10.7 Å². The van der Waals surface area contributed by atoms with Crippen LogP contribution in [-0.2, 0) is 0 Å². The maximum atomic E-state index is 6.39. The SMILES string of the molecule is CCCN1CCCC(N)C1c1ccc2ccccc2n1. The third kappa shape index (κ3) is 2.56. The highest BCUT2D eigenvalue weighted by atomic mass is 15.2. The molecule has 20 heavy (non-hydrogen) atoms. The summed E-state index contributed by atoms with van der Waals surface area (Å²) in [6.07, 6.45) is 3.46. The van der Waals surface area contributed by atoms with Crippen LogP contribution in [-0.4, -0.2) is 29.0 Å². The lowest BCUT2D eigenvalue weighted by atomic mass is 9.93. The summed E-state index contributed by atoms with van der Waals surface area (Å²) >= 11 is 0. The summed E-state index contributed by atoms with van der Waals surface area (Å²) in [5, 5.41) is 1.20. The zero-order valence-electron chi connectivity index (χ0n) is 12.1. The first-order valence-corrected chi connectivity index (χ1v) is 7.65. The van der Waals surface area contributed by atoms with Crippen LogP contribution in [0.15, 0.2) is 36.4 Å². The number of pyridine rings is 1. The van der Waals surface area contributed by atoms with Crippen molar-refractivity contribution in [3.63, 3.8) is 0 Å². The lowest BCUT2D eigenvalue weighted by molar-refractivity contribution is 0.126. The average Bonchev–Trinajstić information content (AvgIpc) is 2.47. The van der Waals surface area contributed by atoms with E-state index in [2.05, 4.69) is 42.2 Å². The molecule has 0 aliphatic carbocycles. The average molecular weight is 269 g/mol. The van der Waals surface area contributed by atoms with Crippen molar-refractivity contribution >= 4 is 10.9 Å². The summed E-state index contributed by atoms with van der Waals surface area (Å²) in [5.41, 5.74) is 8.59. The molecular formula is C17H23N3. The minimum absolute atomic E-state index is 0.198. The largest absolute Gasteiger partial charge is 0.326 e. The Bertz CT molecular complexity index is 579. The van der Waals surface area contributed by atoms with E-state index in [1.54, 1.807) is 0 Å². The summed E-state index contributed by atoms with van der Waals surface area (Å²) in [4.78, 5) is 7.37. The Labute approximate surface area is 120 Å². The van der Waals surface area contributed by atoms with Gasteiger partial charge in [0.25, 0.3) is 0 Å². The number of hydrogen-bond donors (Lipinski definition) is 1. The van der Waals surface area contributed by atoms with Gasteiger partial charge < -0.3 is 5.73 Å². The smallest absolute Gasteiger partial charge is 0.0706 e. The van der Waals surface area contributed by atoms with E-state index in [9.17, 15) is 0 Å². The number of benzene rings is 1. The molecular weight excluding hydrogens is 246 g/mol. The van der Waals surface area contributed by atoms with Crippen LogP contribution in [0, 0.1) is 0 Å². The molecule has 2 N–H and O–H groups in total. The van der Waals surface area contributed by atoms with Crippen molar-refractivity contribution in [2.24, 2.45) is 5.73 Å². The summed E-state index contributed by atoms with van der Waals surface area (Å²) in [6, 6.07) is 13.1. The zero-order valence-corrected chi connectivity index (χ0v) is 12.1. The molecule has 0 radical (unpaired) electrons. The number of piperidine rings is 1. The van der Waals surface area contributed by atoms with E-state index in [1.807, 2.05) is 6.07 Å². The Hall–Kier alpha value is -1.45. The molecule has 0 amide bonds. The van der Waals surface area contributed by atoms with Gasteiger partial charge in [-0.2, -0.15) is 0 Å². The number of nitrogens with two attached hydrogens (primary N) is 1. The van der Waals surface area contributed by atoms with Crippen molar-refractivity contribution in [2.75, 3.05) is 13.1 Å². The van der Waals surface area contributed by atoms with Crippen LogP contribution in [0.1, 0.15) is 37.9 Å². The van der Waals surface area contributed by atoms with E-state index in [0.29, 0.717) is 0 Å². The number of likely N-dealkylation sites (tertiary alicyclic amines) is 1. The van der Waals surface area contributed by atoms with Crippen LogP contribution in [0.2, 0.25) is 0 Å². The van der Waals surface area contributed by atoms with E-state index < -0.39 is 0 Å².